The monoisotopic (exact) mass is 323 g/mol. The molecule has 20 heavy (non-hydrogen) atoms. The van der Waals surface area contributed by atoms with Crippen LogP contribution in [0.5, 0.6) is 0 Å². The molecule has 0 fully saturated rings. The first-order valence-corrected chi connectivity index (χ1v) is 7.58. The van der Waals surface area contributed by atoms with E-state index < -0.39 is 32.2 Å². The minimum atomic E-state index is -4.23. The van der Waals surface area contributed by atoms with E-state index in [4.69, 9.17) is 16.7 Å². The van der Waals surface area contributed by atoms with Crippen molar-refractivity contribution in [3.8, 4) is 0 Å². The van der Waals surface area contributed by atoms with Gasteiger partial charge in [-0.3, -0.25) is 4.79 Å². The van der Waals surface area contributed by atoms with Gasteiger partial charge >= 0.3 is 5.97 Å². The lowest BCUT2D eigenvalue weighted by Crippen LogP contribution is -2.52. The Balaban J connectivity index is 3.48. The summed E-state index contributed by atoms with van der Waals surface area (Å²) in [4.78, 5) is 10.8. The second-order valence-electron chi connectivity index (χ2n) is 4.61. The number of carboxylic acids is 1. The first-order chi connectivity index (χ1) is 9.05. The topological polar surface area (TPSA) is 74.7 Å². The first kappa shape index (κ1) is 16.9. The van der Waals surface area contributed by atoms with Crippen molar-refractivity contribution >= 4 is 27.6 Å². The maximum absolute atomic E-state index is 13.2. The van der Waals surface area contributed by atoms with Gasteiger partial charge in [-0.05, 0) is 32.0 Å². The molecule has 0 aliphatic carbocycles. The maximum Gasteiger partial charge on any atom is 0.324 e. The van der Waals surface area contributed by atoms with E-state index in [1.807, 2.05) is 0 Å². The number of sulfonamides is 1. The SMILES string of the molecule is CCN(C(C)(C)C(=O)O)S(=O)(=O)c1cc(F)ccc1Cl. The van der Waals surface area contributed by atoms with Gasteiger partial charge < -0.3 is 5.11 Å². The molecule has 1 rings (SSSR count). The number of rotatable bonds is 5. The molecule has 0 heterocycles. The van der Waals surface area contributed by atoms with Crippen LogP contribution in [-0.2, 0) is 14.8 Å². The number of benzene rings is 1. The second-order valence-corrected chi connectivity index (χ2v) is 6.85. The first-order valence-electron chi connectivity index (χ1n) is 5.76. The number of hydrogen-bond acceptors (Lipinski definition) is 3. The standard InChI is InChI=1S/C12H15ClFNO4S/c1-4-15(12(2,3)11(16)17)20(18,19)10-7-8(14)5-6-9(10)13/h5-7H,4H2,1-3H3,(H,16,17). The van der Waals surface area contributed by atoms with Gasteiger partial charge in [-0.1, -0.05) is 18.5 Å². The molecule has 0 aliphatic heterocycles. The van der Waals surface area contributed by atoms with E-state index in [0.717, 1.165) is 22.5 Å². The zero-order valence-corrected chi connectivity index (χ0v) is 12.8. The van der Waals surface area contributed by atoms with Crippen LogP contribution in [0.25, 0.3) is 0 Å². The van der Waals surface area contributed by atoms with Gasteiger partial charge in [0.2, 0.25) is 10.0 Å². The fourth-order valence-electron chi connectivity index (χ4n) is 1.77. The number of halogens is 2. The largest absolute Gasteiger partial charge is 0.480 e. The molecule has 0 atom stereocenters. The molecule has 112 valence electrons. The average molecular weight is 324 g/mol. The lowest BCUT2D eigenvalue weighted by molar-refractivity contribution is -0.146. The third kappa shape index (κ3) is 2.94. The van der Waals surface area contributed by atoms with Crippen LogP contribution in [0.2, 0.25) is 5.02 Å². The Kier molecular flexibility index (Phi) is 4.78. The maximum atomic E-state index is 13.2. The summed E-state index contributed by atoms with van der Waals surface area (Å²) in [6.45, 7) is 3.91. The Bertz CT molecular complexity index is 630. The zero-order valence-electron chi connectivity index (χ0n) is 11.2. The van der Waals surface area contributed by atoms with Crippen molar-refractivity contribution in [2.45, 2.75) is 31.2 Å². The van der Waals surface area contributed by atoms with Gasteiger partial charge in [0.15, 0.2) is 0 Å². The van der Waals surface area contributed by atoms with Gasteiger partial charge in [0.25, 0.3) is 0 Å². The Morgan fingerprint density at radius 2 is 2.00 bits per heavy atom. The van der Waals surface area contributed by atoms with Crippen LogP contribution in [0.15, 0.2) is 23.1 Å². The van der Waals surface area contributed by atoms with Crippen LogP contribution >= 0.6 is 11.6 Å². The number of carboxylic acid groups (broad SMARTS) is 1. The molecule has 8 heteroatoms. The van der Waals surface area contributed by atoms with Crippen molar-refractivity contribution in [2.24, 2.45) is 0 Å². The van der Waals surface area contributed by atoms with Crippen molar-refractivity contribution in [1.82, 2.24) is 4.31 Å². The molecular weight excluding hydrogens is 309 g/mol. The highest BCUT2D eigenvalue weighted by atomic mass is 35.5. The van der Waals surface area contributed by atoms with Crippen molar-refractivity contribution in [3.63, 3.8) is 0 Å². The molecule has 0 saturated carbocycles. The third-order valence-electron chi connectivity index (χ3n) is 2.90. The van der Waals surface area contributed by atoms with E-state index >= 15 is 0 Å². The summed E-state index contributed by atoms with van der Waals surface area (Å²) >= 11 is 5.79. The smallest absolute Gasteiger partial charge is 0.324 e. The van der Waals surface area contributed by atoms with Gasteiger partial charge in [0, 0.05) is 6.54 Å². The van der Waals surface area contributed by atoms with Crippen molar-refractivity contribution in [2.75, 3.05) is 6.54 Å². The summed E-state index contributed by atoms with van der Waals surface area (Å²) in [5.41, 5.74) is -1.68. The fourth-order valence-corrected chi connectivity index (χ4v) is 4.01. The Labute approximate surface area is 122 Å². The lowest BCUT2D eigenvalue weighted by atomic mass is 10.1. The highest BCUT2D eigenvalue weighted by Gasteiger charge is 2.42. The van der Waals surface area contributed by atoms with E-state index in [2.05, 4.69) is 0 Å². The molecule has 1 aromatic carbocycles. The summed E-state index contributed by atoms with van der Waals surface area (Å²) in [5.74, 6) is -2.08. The predicted octanol–water partition coefficient (Wildman–Crippen LogP) is 2.35. The summed E-state index contributed by atoms with van der Waals surface area (Å²) in [7, 11) is -4.23. The van der Waals surface area contributed by atoms with Crippen LogP contribution in [0, 0.1) is 5.82 Å². The molecule has 0 radical (unpaired) electrons. The molecule has 0 aliphatic rings. The van der Waals surface area contributed by atoms with E-state index in [1.165, 1.54) is 20.8 Å². The average Bonchev–Trinajstić information content (AvgIpc) is 2.32. The van der Waals surface area contributed by atoms with Crippen molar-refractivity contribution in [3.05, 3.63) is 29.0 Å². The minimum Gasteiger partial charge on any atom is -0.480 e. The van der Waals surface area contributed by atoms with E-state index in [0.29, 0.717) is 0 Å². The van der Waals surface area contributed by atoms with Gasteiger partial charge in [0.1, 0.15) is 16.3 Å². The third-order valence-corrected chi connectivity index (χ3v) is 5.53. The predicted molar refractivity (Wildman–Crippen MR) is 72.7 cm³/mol. The molecule has 0 spiro atoms. The summed E-state index contributed by atoms with van der Waals surface area (Å²) in [6, 6.07) is 2.92. The van der Waals surface area contributed by atoms with Gasteiger partial charge in [-0.25, -0.2) is 12.8 Å². The molecule has 5 nitrogen and oxygen atoms in total. The number of nitrogens with zero attached hydrogens (tertiary/aromatic N) is 1. The number of likely N-dealkylation sites (N-methyl/N-ethyl adjacent to an activating group) is 1. The number of aliphatic carboxylic acids is 1. The second kappa shape index (κ2) is 5.67. The van der Waals surface area contributed by atoms with Crippen LogP contribution in [0.4, 0.5) is 4.39 Å². The molecule has 0 amide bonds. The van der Waals surface area contributed by atoms with E-state index in [-0.39, 0.29) is 11.6 Å². The lowest BCUT2D eigenvalue weighted by Gasteiger charge is -2.33. The van der Waals surface area contributed by atoms with Crippen LogP contribution in [0.1, 0.15) is 20.8 Å². The van der Waals surface area contributed by atoms with Crippen LogP contribution < -0.4 is 0 Å². The van der Waals surface area contributed by atoms with Crippen LogP contribution in [0.3, 0.4) is 0 Å². The molecular formula is C12H15ClFNO4S. The Morgan fingerprint density at radius 1 is 1.45 bits per heavy atom. The molecule has 0 unspecified atom stereocenters. The van der Waals surface area contributed by atoms with Crippen LogP contribution in [-0.4, -0.2) is 35.9 Å². The normalized spacial score (nSPS) is 12.7. The summed E-state index contributed by atoms with van der Waals surface area (Å²) in [5, 5.41) is 9.00. The summed E-state index contributed by atoms with van der Waals surface area (Å²) in [6.07, 6.45) is 0. The highest BCUT2D eigenvalue weighted by molar-refractivity contribution is 7.89. The number of hydrogen-bond donors (Lipinski definition) is 1. The highest BCUT2D eigenvalue weighted by Crippen LogP contribution is 2.29. The fraction of sp³-hybridized carbons (Fsp3) is 0.417. The van der Waals surface area contributed by atoms with Crippen molar-refractivity contribution in [1.29, 1.82) is 0 Å². The summed E-state index contributed by atoms with van der Waals surface area (Å²) < 4.78 is 39.0. The molecule has 1 aromatic rings. The Hall–Kier alpha value is -1.18. The number of carbonyl (C=O) groups is 1. The van der Waals surface area contributed by atoms with E-state index in [9.17, 15) is 17.6 Å². The minimum absolute atomic E-state index is 0.0888. The molecule has 0 aromatic heterocycles. The van der Waals surface area contributed by atoms with Gasteiger partial charge in [-0.2, -0.15) is 4.31 Å². The molecule has 0 saturated heterocycles. The van der Waals surface area contributed by atoms with E-state index in [1.54, 1.807) is 0 Å². The van der Waals surface area contributed by atoms with Gasteiger partial charge in [0.05, 0.1) is 5.02 Å². The van der Waals surface area contributed by atoms with Crippen molar-refractivity contribution < 1.29 is 22.7 Å². The quantitative estimate of drug-likeness (QED) is 0.902. The zero-order chi connectivity index (χ0) is 15.7. The molecule has 0 bridgehead atoms. The van der Waals surface area contributed by atoms with Gasteiger partial charge in [-0.15, -0.1) is 0 Å². The Morgan fingerprint density at radius 3 is 2.45 bits per heavy atom. The molecule has 1 N–H and O–H groups in total.